The molecule has 0 aromatic rings. The Balaban J connectivity index is 3.61. The summed E-state index contributed by atoms with van der Waals surface area (Å²) in [6.07, 6.45) is 2.65. The number of alkyl halides is 1. The lowest BCUT2D eigenvalue weighted by Crippen LogP contribution is -2.28. The molecule has 0 aromatic carbocycles. The smallest absolute Gasteiger partial charge is 0.211 e. The van der Waals surface area contributed by atoms with Crippen molar-refractivity contribution < 1.29 is 12.6 Å². The Kier molecular flexibility index (Phi) is 7.81. The zero-order chi connectivity index (χ0) is 11.0. The minimum atomic E-state index is -3.18. The minimum Gasteiger partial charge on any atom is -0.260 e. The van der Waals surface area contributed by atoms with Crippen LogP contribution in [-0.4, -0.2) is 42.8 Å². The van der Waals surface area contributed by atoms with Crippen LogP contribution in [0.2, 0.25) is 0 Å². The lowest BCUT2D eigenvalue weighted by molar-refractivity contribution is 0.579. The molecule has 0 spiro atoms. The first-order valence-corrected chi connectivity index (χ1v) is 8.22. The molecule has 4 nitrogen and oxygen atoms in total. The molecular formula is C7H16ClNO3S2. The van der Waals surface area contributed by atoms with E-state index in [2.05, 4.69) is 4.72 Å². The van der Waals surface area contributed by atoms with Gasteiger partial charge in [-0.3, -0.25) is 4.21 Å². The highest BCUT2D eigenvalue weighted by molar-refractivity contribution is 7.89. The highest BCUT2D eigenvalue weighted by Crippen LogP contribution is 1.92. The quantitative estimate of drug-likeness (QED) is 0.505. The van der Waals surface area contributed by atoms with E-state index in [0.717, 1.165) is 0 Å². The number of hydrogen-bond donors (Lipinski definition) is 1. The Morgan fingerprint density at radius 3 is 2.50 bits per heavy atom. The third-order valence-corrected chi connectivity index (χ3v) is 4.08. The van der Waals surface area contributed by atoms with Crippen molar-refractivity contribution in [2.24, 2.45) is 0 Å². The highest BCUT2D eigenvalue weighted by atomic mass is 35.5. The third kappa shape index (κ3) is 8.93. The van der Waals surface area contributed by atoms with Crippen molar-refractivity contribution in [3.8, 4) is 0 Å². The van der Waals surface area contributed by atoms with E-state index in [1.807, 2.05) is 0 Å². The highest BCUT2D eigenvalue weighted by Gasteiger charge is 2.07. The molecule has 0 amide bonds. The van der Waals surface area contributed by atoms with Gasteiger partial charge < -0.3 is 0 Å². The van der Waals surface area contributed by atoms with Crippen LogP contribution in [0.4, 0.5) is 0 Å². The summed E-state index contributed by atoms with van der Waals surface area (Å²) in [5, 5.41) is 0. The molecule has 0 fully saturated rings. The van der Waals surface area contributed by atoms with Gasteiger partial charge in [-0.25, -0.2) is 13.1 Å². The lowest BCUT2D eigenvalue weighted by Gasteiger charge is -2.04. The van der Waals surface area contributed by atoms with E-state index >= 15 is 0 Å². The minimum absolute atomic E-state index is 0.0612. The Labute approximate surface area is 92.9 Å². The lowest BCUT2D eigenvalue weighted by atomic mass is 10.5. The van der Waals surface area contributed by atoms with Gasteiger partial charge in [0.15, 0.2) is 0 Å². The molecule has 0 heterocycles. The fourth-order valence-electron chi connectivity index (χ4n) is 0.820. The van der Waals surface area contributed by atoms with Crippen molar-refractivity contribution in [2.45, 2.75) is 12.8 Å². The van der Waals surface area contributed by atoms with Crippen LogP contribution >= 0.6 is 11.6 Å². The molecule has 14 heavy (non-hydrogen) atoms. The molecule has 1 N–H and O–H groups in total. The molecule has 86 valence electrons. The van der Waals surface area contributed by atoms with E-state index in [4.69, 9.17) is 11.6 Å². The number of halogens is 1. The zero-order valence-electron chi connectivity index (χ0n) is 8.16. The molecule has 1 unspecified atom stereocenters. The first kappa shape index (κ1) is 14.3. The van der Waals surface area contributed by atoms with E-state index in [9.17, 15) is 12.6 Å². The van der Waals surface area contributed by atoms with Crippen LogP contribution < -0.4 is 4.72 Å². The maximum absolute atomic E-state index is 11.2. The summed E-state index contributed by atoms with van der Waals surface area (Å²) in [6.45, 7) is 0.351. The molecule has 0 bridgehead atoms. The van der Waals surface area contributed by atoms with Crippen LogP contribution in [0.15, 0.2) is 0 Å². The van der Waals surface area contributed by atoms with Gasteiger partial charge in [-0.2, -0.15) is 0 Å². The molecule has 1 atom stereocenters. The van der Waals surface area contributed by atoms with Crippen molar-refractivity contribution >= 4 is 32.4 Å². The molecule has 0 aromatic heterocycles. The second kappa shape index (κ2) is 7.62. The van der Waals surface area contributed by atoms with Gasteiger partial charge in [-0.1, -0.05) is 0 Å². The van der Waals surface area contributed by atoms with Crippen molar-refractivity contribution in [1.82, 2.24) is 4.72 Å². The Morgan fingerprint density at radius 1 is 1.36 bits per heavy atom. The maximum Gasteiger partial charge on any atom is 0.211 e. The van der Waals surface area contributed by atoms with Crippen LogP contribution in [0.3, 0.4) is 0 Å². The van der Waals surface area contributed by atoms with E-state index in [1.54, 1.807) is 6.26 Å². The van der Waals surface area contributed by atoms with Gasteiger partial charge in [0.25, 0.3) is 0 Å². The van der Waals surface area contributed by atoms with Gasteiger partial charge in [-0.05, 0) is 12.8 Å². The number of hydrogen-bond acceptors (Lipinski definition) is 3. The van der Waals surface area contributed by atoms with Gasteiger partial charge in [0, 0.05) is 35.2 Å². The van der Waals surface area contributed by atoms with Crippen LogP contribution in [0.1, 0.15) is 12.8 Å². The molecule has 0 saturated carbocycles. The molecule has 0 aliphatic heterocycles. The van der Waals surface area contributed by atoms with Crippen LogP contribution in [0, 0.1) is 0 Å². The van der Waals surface area contributed by atoms with E-state index < -0.39 is 20.8 Å². The van der Waals surface area contributed by atoms with Gasteiger partial charge in [0.1, 0.15) is 0 Å². The molecule has 0 aliphatic rings. The van der Waals surface area contributed by atoms with Crippen molar-refractivity contribution in [1.29, 1.82) is 0 Å². The average molecular weight is 262 g/mol. The topological polar surface area (TPSA) is 63.2 Å². The number of sulfonamides is 1. The molecule has 7 heteroatoms. The van der Waals surface area contributed by atoms with E-state index in [0.29, 0.717) is 31.0 Å². The second-order valence-electron chi connectivity index (χ2n) is 2.89. The van der Waals surface area contributed by atoms with E-state index in [1.165, 1.54) is 0 Å². The molecule has 0 saturated heterocycles. The maximum atomic E-state index is 11.2. The van der Waals surface area contributed by atoms with Crippen LogP contribution in [-0.2, 0) is 20.8 Å². The second-order valence-corrected chi connectivity index (χ2v) is 6.75. The Bertz CT molecular complexity index is 266. The SMILES string of the molecule is CS(=O)CCCNS(=O)(=O)CCCCl. The number of nitrogens with one attached hydrogen (secondary N) is 1. The first-order chi connectivity index (χ1) is 6.48. The predicted molar refractivity (Wildman–Crippen MR) is 60.7 cm³/mol. The fourth-order valence-corrected chi connectivity index (χ4v) is 2.79. The summed E-state index contributed by atoms with van der Waals surface area (Å²) in [5.41, 5.74) is 0. The van der Waals surface area contributed by atoms with E-state index in [-0.39, 0.29) is 5.75 Å². The molecule has 0 rings (SSSR count). The van der Waals surface area contributed by atoms with Gasteiger partial charge in [0.05, 0.1) is 5.75 Å². The van der Waals surface area contributed by atoms with Crippen LogP contribution in [0.25, 0.3) is 0 Å². The summed E-state index contributed by atoms with van der Waals surface area (Å²) in [4.78, 5) is 0. The zero-order valence-corrected chi connectivity index (χ0v) is 10.6. The summed E-state index contributed by atoms with van der Waals surface area (Å²) in [5.74, 6) is 0.934. The van der Waals surface area contributed by atoms with Crippen molar-refractivity contribution in [2.75, 3.05) is 30.2 Å². The summed E-state index contributed by atoms with van der Waals surface area (Å²) >= 11 is 5.38. The third-order valence-electron chi connectivity index (χ3n) is 1.48. The van der Waals surface area contributed by atoms with Gasteiger partial charge in [0.2, 0.25) is 10.0 Å². The molecular weight excluding hydrogens is 246 g/mol. The van der Waals surface area contributed by atoms with Gasteiger partial charge >= 0.3 is 0 Å². The number of rotatable bonds is 8. The predicted octanol–water partition coefficient (Wildman–Crippen LogP) is 0.303. The van der Waals surface area contributed by atoms with Crippen molar-refractivity contribution in [3.05, 3.63) is 0 Å². The van der Waals surface area contributed by atoms with Crippen LogP contribution in [0.5, 0.6) is 0 Å². The normalized spacial score (nSPS) is 14.1. The van der Waals surface area contributed by atoms with Crippen molar-refractivity contribution in [3.63, 3.8) is 0 Å². The molecule has 0 aliphatic carbocycles. The Morgan fingerprint density at radius 2 is 2.00 bits per heavy atom. The molecule has 0 radical (unpaired) electrons. The monoisotopic (exact) mass is 261 g/mol. The summed E-state index contributed by atoms with van der Waals surface area (Å²) in [7, 11) is -4.03. The largest absolute Gasteiger partial charge is 0.260 e. The standard InChI is InChI=1S/C7H16ClNO3S2/c1-13(10)6-3-5-9-14(11,12)7-2-4-8/h9H,2-7H2,1H3. The summed E-state index contributed by atoms with van der Waals surface area (Å²) in [6, 6.07) is 0. The fraction of sp³-hybridized carbons (Fsp3) is 1.00. The summed E-state index contributed by atoms with van der Waals surface area (Å²) < 4.78 is 35.5. The first-order valence-electron chi connectivity index (χ1n) is 4.31. The Hall–Kier alpha value is 0.350. The van der Waals surface area contributed by atoms with Gasteiger partial charge in [-0.15, -0.1) is 11.6 Å². The average Bonchev–Trinajstić information content (AvgIpc) is 2.09.